The van der Waals surface area contributed by atoms with Gasteiger partial charge in [0.2, 0.25) is 0 Å². The van der Waals surface area contributed by atoms with Gasteiger partial charge >= 0.3 is 0 Å². The normalized spacial score (nSPS) is 10.7. The summed E-state index contributed by atoms with van der Waals surface area (Å²) in [6.07, 6.45) is 3.38. The summed E-state index contributed by atoms with van der Waals surface area (Å²) in [5.74, 6) is 0.447. The minimum Gasteiger partial charge on any atom is -0.296 e. The number of hydrogen-bond donors (Lipinski definition) is 1. The molecule has 0 aliphatic carbocycles. The molecule has 0 aliphatic rings. The van der Waals surface area contributed by atoms with Crippen LogP contribution in [0.5, 0.6) is 0 Å². The maximum Gasteiger partial charge on any atom is 0.277 e. The number of aryl methyl sites for hydroxylation is 1. The zero-order chi connectivity index (χ0) is 20.8. The van der Waals surface area contributed by atoms with Crippen LogP contribution in [0.4, 0.5) is 5.13 Å². The monoisotopic (exact) mass is 450 g/mol. The standard InChI is InChI=1S/C22H18N4OS3/c1-15-7-9-17(10-8-15)30-18-13-24-22(29-14-16-5-3-2-4-6-16)25-19(18)20(27)26-21-23-11-12-28-21/h2-13H,14H2,1H3,(H,23,26,27). The lowest BCUT2D eigenvalue weighted by molar-refractivity contribution is 0.101. The van der Waals surface area contributed by atoms with Crippen molar-refractivity contribution in [2.24, 2.45) is 0 Å². The summed E-state index contributed by atoms with van der Waals surface area (Å²) >= 11 is 4.35. The van der Waals surface area contributed by atoms with Crippen molar-refractivity contribution >= 4 is 45.9 Å². The first kappa shape index (κ1) is 20.6. The molecule has 8 heteroatoms. The van der Waals surface area contributed by atoms with Gasteiger partial charge in [-0.05, 0) is 24.6 Å². The Kier molecular flexibility index (Phi) is 6.78. The van der Waals surface area contributed by atoms with E-state index in [-0.39, 0.29) is 5.91 Å². The molecule has 150 valence electrons. The number of amides is 1. The molecule has 4 rings (SSSR count). The smallest absolute Gasteiger partial charge is 0.277 e. The third-order valence-corrected chi connectivity index (χ3v) is 6.71. The Morgan fingerprint density at radius 1 is 1.07 bits per heavy atom. The van der Waals surface area contributed by atoms with Crippen molar-refractivity contribution in [3.05, 3.63) is 89.2 Å². The molecule has 5 nitrogen and oxygen atoms in total. The van der Waals surface area contributed by atoms with Crippen molar-refractivity contribution < 1.29 is 4.79 Å². The molecule has 0 bridgehead atoms. The predicted molar refractivity (Wildman–Crippen MR) is 123 cm³/mol. The number of aromatic nitrogens is 3. The minimum absolute atomic E-state index is 0.288. The van der Waals surface area contributed by atoms with Crippen LogP contribution in [0.3, 0.4) is 0 Å². The van der Waals surface area contributed by atoms with Crippen molar-refractivity contribution in [2.45, 2.75) is 27.6 Å². The number of thioether (sulfide) groups is 1. The van der Waals surface area contributed by atoms with Crippen LogP contribution in [0.15, 0.2) is 87.3 Å². The van der Waals surface area contributed by atoms with Crippen LogP contribution in [0, 0.1) is 6.92 Å². The van der Waals surface area contributed by atoms with Crippen LogP contribution in [-0.2, 0) is 5.75 Å². The maximum atomic E-state index is 12.9. The van der Waals surface area contributed by atoms with Gasteiger partial charge in [-0.15, -0.1) is 11.3 Å². The van der Waals surface area contributed by atoms with E-state index in [0.717, 1.165) is 10.6 Å². The molecule has 2 aromatic heterocycles. The van der Waals surface area contributed by atoms with Crippen molar-refractivity contribution in [3.63, 3.8) is 0 Å². The van der Waals surface area contributed by atoms with Crippen molar-refractivity contribution in [2.75, 3.05) is 5.32 Å². The number of nitrogens with zero attached hydrogens (tertiary/aromatic N) is 3. The lowest BCUT2D eigenvalue weighted by Gasteiger charge is -2.10. The number of thiazole rings is 1. The van der Waals surface area contributed by atoms with Gasteiger partial charge in [-0.2, -0.15) is 0 Å². The van der Waals surface area contributed by atoms with Crippen LogP contribution in [0.25, 0.3) is 0 Å². The van der Waals surface area contributed by atoms with Gasteiger partial charge in [0.25, 0.3) is 5.91 Å². The SMILES string of the molecule is Cc1ccc(Sc2cnc(SCc3ccccc3)nc2C(=O)Nc2nccs2)cc1. The Bertz CT molecular complexity index is 1120. The Balaban J connectivity index is 1.58. The molecule has 4 aromatic rings. The molecular formula is C22H18N4OS3. The third-order valence-electron chi connectivity index (χ3n) is 4.06. The van der Waals surface area contributed by atoms with E-state index >= 15 is 0 Å². The highest BCUT2D eigenvalue weighted by Gasteiger charge is 2.18. The van der Waals surface area contributed by atoms with Gasteiger partial charge in [0.1, 0.15) is 5.69 Å². The highest BCUT2D eigenvalue weighted by Crippen LogP contribution is 2.31. The number of carbonyl (C=O) groups excluding carboxylic acids is 1. The third kappa shape index (κ3) is 5.47. The molecule has 1 N–H and O–H groups in total. The van der Waals surface area contributed by atoms with Crippen LogP contribution in [0.2, 0.25) is 0 Å². The molecule has 2 aromatic carbocycles. The van der Waals surface area contributed by atoms with E-state index in [1.54, 1.807) is 12.4 Å². The largest absolute Gasteiger partial charge is 0.296 e. The lowest BCUT2D eigenvalue weighted by atomic mass is 10.2. The summed E-state index contributed by atoms with van der Waals surface area (Å²) in [5.41, 5.74) is 2.71. The fourth-order valence-corrected chi connectivity index (χ4v) is 4.72. The first-order valence-electron chi connectivity index (χ1n) is 9.16. The molecular weight excluding hydrogens is 432 g/mol. The molecule has 0 radical (unpaired) electrons. The highest BCUT2D eigenvalue weighted by atomic mass is 32.2. The summed E-state index contributed by atoms with van der Waals surface area (Å²) in [4.78, 5) is 27.9. The van der Waals surface area contributed by atoms with Crippen molar-refractivity contribution in [3.8, 4) is 0 Å². The summed E-state index contributed by atoms with van der Waals surface area (Å²) in [6.45, 7) is 2.04. The number of carbonyl (C=O) groups is 1. The Morgan fingerprint density at radius 2 is 1.87 bits per heavy atom. The van der Waals surface area contributed by atoms with E-state index in [1.165, 1.54) is 46.0 Å². The topological polar surface area (TPSA) is 67.8 Å². The van der Waals surface area contributed by atoms with E-state index in [0.29, 0.717) is 20.9 Å². The molecule has 2 heterocycles. The summed E-state index contributed by atoms with van der Waals surface area (Å²) in [7, 11) is 0. The van der Waals surface area contributed by atoms with Crippen molar-refractivity contribution in [1.82, 2.24) is 15.0 Å². The minimum atomic E-state index is -0.288. The van der Waals surface area contributed by atoms with Gasteiger partial charge in [-0.1, -0.05) is 71.6 Å². The number of nitrogens with one attached hydrogen (secondary N) is 1. The molecule has 0 atom stereocenters. The first-order chi connectivity index (χ1) is 14.7. The number of benzene rings is 2. The lowest BCUT2D eigenvalue weighted by Crippen LogP contribution is -2.15. The van der Waals surface area contributed by atoms with Gasteiger partial charge in [-0.25, -0.2) is 15.0 Å². The molecule has 0 saturated carbocycles. The molecule has 1 amide bonds. The average Bonchev–Trinajstić information content (AvgIpc) is 3.28. The molecule has 0 spiro atoms. The predicted octanol–water partition coefficient (Wildman–Crippen LogP) is 5.94. The fraction of sp³-hybridized carbons (Fsp3) is 0.0909. The molecule has 0 unspecified atom stereocenters. The van der Waals surface area contributed by atoms with Crippen LogP contribution in [0.1, 0.15) is 21.6 Å². The second-order valence-electron chi connectivity index (χ2n) is 6.35. The van der Waals surface area contributed by atoms with Crippen molar-refractivity contribution in [1.29, 1.82) is 0 Å². The van der Waals surface area contributed by atoms with E-state index in [1.807, 2.05) is 54.8 Å². The van der Waals surface area contributed by atoms with Gasteiger partial charge in [0, 0.05) is 28.4 Å². The number of anilines is 1. The Morgan fingerprint density at radius 3 is 2.60 bits per heavy atom. The van der Waals surface area contributed by atoms with Gasteiger partial charge in [-0.3, -0.25) is 10.1 Å². The Hall–Kier alpha value is -2.68. The van der Waals surface area contributed by atoms with Crippen LogP contribution in [-0.4, -0.2) is 20.9 Å². The summed E-state index contributed by atoms with van der Waals surface area (Å²) < 4.78 is 0. The second-order valence-corrected chi connectivity index (χ2v) is 9.30. The van der Waals surface area contributed by atoms with E-state index in [4.69, 9.17) is 0 Å². The van der Waals surface area contributed by atoms with E-state index in [2.05, 4.69) is 32.4 Å². The van der Waals surface area contributed by atoms with Crippen LogP contribution >= 0.6 is 34.9 Å². The highest BCUT2D eigenvalue weighted by molar-refractivity contribution is 7.99. The number of hydrogen-bond acceptors (Lipinski definition) is 7. The Labute approximate surface area is 187 Å². The number of rotatable bonds is 7. The quantitative estimate of drug-likeness (QED) is 0.278. The first-order valence-corrected chi connectivity index (χ1v) is 11.8. The molecule has 0 aliphatic heterocycles. The fourth-order valence-electron chi connectivity index (χ4n) is 2.56. The van der Waals surface area contributed by atoms with Gasteiger partial charge in [0.15, 0.2) is 10.3 Å². The van der Waals surface area contributed by atoms with E-state index in [9.17, 15) is 4.79 Å². The second kappa shape index (κ2) is 9.88. The summed E-state index contributed by atoms with van der Waals surface area (Å²) in [5, 5.41) is 5.76. The zero-order valence-electron chi connectivity index (χ0n) is 16.1. The molecule has 0 saturated heterocycles. The van der Waals surface area contributed by atoms with Gasteiger partial charge < -0.3 is 0 Å². The summed E-state index contributed by atoms with van der Waals surface area (Å²) in [6, 6.07) is 18.3. The van der Waals surface area contributed by atoms with Gasteiger partial charge in [0.05, 0.1) is 4.90 Å². The molecule has 30 heavy (non-hydrogen) atoms. The molecule has 0 fully saturated rings. The average molecular weight is 451 g/mol. The maximum absolute atomic E-state index is 12.9. The zero-order valence-corrected chi connectivity index (χ0v) is 18.6. The van der Waals surface area contributed by atoms with E-state index < -0.39 is 0 Å². The van der Waals surface area contributed by atoms with Crippen LogP contribution < -0.4 is 5.32 Å².